The maximum Gasteiger partial charge on any atom is 0.252 e. The first-order valence-corrected chi connectivity index (χ1v) is 12.1. The first-order chi connectivity index (χ1) is 16.7. The highest BCUT2D eigenvalue weighted by atomic mass is 16.1. The number of hydrogen-bond acceptors (Lipinski definition) is 4. The maximum atomic E-state index is 13.4. The zero-order valence-corrected chi connectivity index (χ0v) is 19.6. The zero-order valence-electron chi connectivity index (χ0n) is 19.6. The molecule has 6 nitrogen and oxygen atoms in total. The van der Waals surface area contributed by atoms with Crippen LogP contribution < -0.4 is 5.32 Å². The van der Waals surface area contributed by atoms with Gasteiger partial charge in [-0.3, -0.25) is 9.89 Å². The van der Waals surface area contributed by atoms with Gasteiger partial charge in [-0.1, -0.05) is 54.6 Å². The highest BCUT2D eigenvalue weighted by molar-refractivity contribution is 6.06. The van der Waals surface area contributed by atoms with E-state index in [9.17, 15) is 4.79 Å². The van der Waals surface area contributed by atoms with Gasteiger partial charge in [0.15, 0.2) is 5.65 Å². The number of H-pyrrole nitrogens is 1. The first kappa shape index (κ1) is 22.3. The molecule has 1 fully saturated rings. The van der Waals surface area contributed by atoms with E-state index in [1.165, 1.54) is 18.4 Å². The molecule has 2 N–H and O–H groups in total. The molecule has 5 rings (SSSR count). The Morgan fingerprint density at radius 3 is 2.65 bits per heavy atom. The van der Waals surface area contributed by atoms with Crippen molar-refractivity contribution in [3.8, 4) is 11.3 Å². The third-order valence-electron chi connectivity index (χ3n) is 6.72. The number of carbonyl (C=O) groups excluding carboxylic acids is 1. The van der Waals surface area contributed by atoms with E-state index < -0.39 is 0 Å². The van der Waals surface area contributed by atoms with Crippen LogP contribution in [0, 0.1) is 12.8 Å². The van der Waals surface area contributed by atoms with Crippen LogP contribution in [0.25, 0.3) is 22.3 Å². The molecule has 1 aliphatic heterocycles. The van der Waals surface area contributed by atoms with Crippen molar-refractivity contribution in [2.45, 2.75) is 26.2 Å². The number of amides is 1. The monoisotopic (exact) mass is 453 g/mol. The van der Waals surface area contributed by atoms with Crippen LogP contribution in [-0.4, -0.2) is 52.2 Å². The van der Waals surface area contributed by atoms with Gasteiger partial charge in [0.2, 0.25) is 0 Å². The van der Waals surface area contributed by atoms with Gasteiger partial charge in [-0.05, 0) is 62.4 Å². The van der Waals surface area contributed by atoms with E-state index in [-0.39, 0.29) is 5.91 Å². The Morgan fingerprint density at radius 2 is 1.85 bits per heavy atom. The van der Waals surface area contributed by atoms with Crippen molar-refractivity contribution in [2.75, 3.05) is 26.2 Å². The second-order valence-corrected chi connectivity index (χ2v) is 9.28. The number of benzene rings is 2. The molecule has 0 spiro atoms. The molecule has 4 aromatic rings. The lowest BCUT2D eigenvalue weighted by molar-refractivity contribution is 0.0945. The summed E-state index contributed by atoms with van der Waals surface area (Å²) in [6, 6.07) is 20.5. The number of aromatic nitrogens is 3. The number of aryl methyl sites for hydroxylation is 1. The summed E-state index contributed by atoms with van der Waals surface area (Å²) in [7, 11) is 0. The largest absolute Gasteiger partial charge is 0.352 e. The molecule has 1 atom stereocenters. The minimum Gasteiger partial charge on any atom is -0.352 e. The van der Waals surface area contributed by atoms with E-state index in [0.29, 0.717) is 23.7 Å². The fourth-order valence-corrected chi connectivity index (χ4v) is 4.93. The van der Waals surface area contributed by atoms with E-state index in [1.54, 1.807) is 6.20 Å². The summed E-state index contributed by atoms with van der Waals surface area (Å²) >= 11 is 0. The van der Waals surface area contributed by atoms with Crippen LogP contribution in [0.15, 0.2) is 66.9 Å². The summed E-state index contributed by atoms with van der Waals surface area (Å²) < 4.78 is 0. The molecule has 0 aliphatic carbocycles. The number of nitrogens with zero attached hydrogens (tertiary/aromatic N) is 3. The molecule has 0 bridgehead atoms. The Balaban J connectivity index is 1.37. The minimum absolute atomic E-state index is 0.0804. The number of hydrogen-bond donors (Lipinski definition) is 2. The van der Waals surface area contributed by atoms with Crippen molar-refractivity contribution in [3.05, 3.63) is 83.6 Å². The lowest BCUT2D eigenvalue weighted by Gasteiger charge is -2.24. The van der Waals surface area contributed by atoms with Crippen LogP contribution in [0.1, 0.15) is 34.3 Å². The molecule has 174 valence electrons. The summed E-state index contributed by atoms with van der Waals surface area (Å²) in [4.78, 5) is 20.7. The van der Waals surface area contributed by atoms with E-state index >= 15 is 0 Å². The van der Waals surface area contributed by atoms with Crippen LogP contribution in [0.5, 0.6) is 0 Å². The molecular formula is C28H31N5O. The molecular weight excluding hydrogens is 422 g/mol. The van der Waals surface area contributed by atoms with Gasteiger partial charge in [-0.25, -0.2) is 4.98 Å². The van der Waals surface area contributed by atoms with Crippen molar-refractivity contribution in [1.29, 1.82) is 0 Å². The van der Waals surface area contributed by atoms with Crippen molar-refractivity contribution in [1.82, 2.24) is 25.4 Å². The van der Waals surface area contributed by atoms with Crippen LogP contribution in [0.2, 0.25) is 0 Å². The van der Waals surface area contributed by atoms with Crippen LogP contribution in [-0.2, 0) is 6.42 Å². The first-order valence-electron chi connectivity index (χ1n) is 12.1. The van der Waals surface area contributed by atoms with Gasteiger partial charge in [-0.2, -0.15) is 5.10 Å². The lowest BCUT2D eigenvalue weighted by atomic mass is 9.98. The average molecular weight is 454 g/mol. The predicted octanol–water partition coefficient (Wildman–Crippen LogP) is 4.62. The van der Waals surface area contributed by atoms with E-state index in [2.05, 4.69) is 57.7 Å². The van der Waals surface area contributed by atoms with Crippen molar-refractivity contribution in [2.24, 2.45) is 5.92 Å². The summed E-state index contributed by atoms with van der Waals surface area (Å²) in [6.07, 6.45) is 5.16. The molecule has 3 heterocycles. The zero-order chi connectivity index (χ0) is 23.3. The fraction of sp³-hybridized carbons (Fsp3) is 0.321. The Hall–Kier alpha value is -3.51. The topological polar surface area (TPSA) is 73.9 Å². The molecule has 1 saturated heterocycles. The normalized spacial score (nSPS) is 15.0. The Kier molecular flexibility index (Phi) is 6.67. The van der Waals surface area contributed by atoms with Gasteiger partial charge < -0.3 is 10.2 Å². The van der Waals surface area contributed by atoms with Crippen molar-refractivity contribution in [3.63, 3.8) is 0 Å². The maximum absolute atomic E-state index is 13.4. The molecule has 0 saturated carbocycles. The third-order valence-corrected chi connectivity index (χ3v) is 6.72. The highest BCUT2D eigenvalue weighted by Crippen LogP contribution is 2.26. The van der Waals surface area contributed by atoms with Gasteiger partial charge in [0.05, 0.1) is 22.8 Å². The predicted molar refractivity (Wildman–Crippen MR) is 136 cm³/mol. The second-order valence-electron chi connectivity index (χ2n) is 9.28. The number of rotatable bonds is 8. The summed E-state index contributed by atoms with van der Waals surface area (Å²) in [5.41, 5.74) is 5.46. The fourth-order valence-electron chi connectivity index (χ4n) is 4.93. The quantitative estimate of drug-likeness (QED) is 0.408. The Labute approximate surface area is 200 Å². The van der Waals surface area contributed by atoms with Crippen molar-refractivity contribution < 1.29 is 4.79 Å². The van der Waals surface area contributed by atoms with Gasteiger partial charge in [0.1, 0.15) is 0 Å². The van der Waals surface area contributed by atoms with Gasteiger partial charge in [-0.15, -0.1) is 0 Å². The Morgan fingerprint density at radius 1 is 1.09 bits per heavy atom. The van der Waals surface area contributed by atoms with Crippen LogP contribution in [0.3, 0.4) is 0 Å². The van der Waals surface area contributed by atoms with E-state index in [4.69, 9.17) is 4.98 Å². The molecule has 1 unspecified atom stereocenters. The van der Waals surface area contributed by atoms with Gasteiger partial charge in [0.25, 0.3) is 5.91 Å². The molecule has 0 radical (unpaired) electrons. The molecule has 2 aromatic carbocycles. The SMILES string of the molecule is Cc1ccccc1-c1cc(C(=O)NCC(Cc2ccccc2)CN2CCCC2)c2cn[nH]c2n1. The number of nitrogens with one attached hydrogen (secondary N) is 2. The number of fused-ring (bicyclic) bond motifs is 1. The Bertz CT molecular complexity index is 1260. The number of aromatic amines is 1. The molecule has 1 aliphatic rings. The van der Waals surface area contributed by atoms with E-state index in [0.717, 1.165) is 48.3 Å². The molecule has 1 amide bonds. The number of pyridine rings is 1. The number of carbonyl (C=O) groups is 1. The average Bonchev–Trinajstić information content (AvgIpc) is 3.55. The second kappa shape index (κ2) is 10.2. The van der Waals surface area contributed by atoms with Crippen LogP contribution in [0.4, 0.5) is 0 Å². The van der Waals surface area contributed by atoms with Crippen LogP contribution >= 0.6 is 0 Å². The standard InChI is InChI=1S/C28H31N5O/c1-20-9-5-6-12-23(20)26-16-24(25-18-30-32-27(25)31-26)28(34)29-17-22(19-33-13-7-8-14-33)15-21-10-3-2-4-11-21/h2-6,9-12,16,18,22H,7-8,13-15,17,19H2,1H3,(H,29,34)(H,30,31,32). The van der Waals surface area contributed by atoms with Gasteiger partial charge in [0, 0.05) is 18.7 Å². The number of likely N-dealkylation sites (tertiary alicyclic amines) is 1. The molecule has 6 heteroatoms. The molecule has 2 aromatic heterocycles. The lowest BCUT2D eigenvalue weighted by Crippen LogP contribution is -2.37. The van der Waals surface area contributed by atoms with Crippen molar-refractivity contribution >= 4 is 16.9 Å². The smallest absolute Gasteiger partial charge is 0.252 e. The van der Waals surface area contributed by atoms with E-state index in [1.807, 2.05) is 30.3 Å². The summed E-state index contributed by atoms with van der Waals surface area (Å²) in [6.45, 7) is 5.99. The summed E-state index contributed by atoms with van der Waals surface area (Å²) in [5.74, 6) is 0.269. The van der Waals surface area contributed by atoms with Gasteiger partial charge >= 0.3 is 0 Å². The highest BCUT2D eigenvalue weighted by Gasteiger charge is 2.21. The minimum atomic E-state index is -0.0804. The summed E-state index contributed by atoms with van der Waals surface area (Å²) in [5, 5.41) is 11.1. The third kappa shape index (κ3) is 5.02. The molecule has 34 heavy (non-hydrogen) atoms.